The van der Waals surface area contributed by atoms with E-state index in [4.69, 9.17) is 4.74 Å². The van der Waals surface area contributed by atoms with Crippen molar-refractivity contribution in [1.82, 2.24) is 5.32 Å². The van der Waals surface area contributed by atoms with Crippen molar-refractivity contribution in [2.24, 2.45) is 0 Å². The molecular formula is C14H22N2O. The van der Waals surface area contributed by atoms with Crippen molar-refractivity contribution in [1.29, 1.82) is 0 Å². The van der Waals surface area contributed by atoms with Gasteiger partial charge in [0.05, 0.1) is 6.61 Å². The number of benzene rings is 1. The molecule has 0 spiro atoms. The zero-order valence-corrected chi connectivity index (χ0v) is 10.5. The Hall–Kier alpha value is -1.22. The Bertz CT molecular complexity index is 317. The second kappa shape index (κ2) is 6.50. The zero-order valence-electron chi connectivity index (χ0n) is 10.5. The van der Waals surface area contributed by atoms with Crippen molar-refractivity contribution in [3.05, 3.63) is 24.3 Å². The molecule has 1 atom stereocenters. The molecule has 1 aromatic rings. The van der Waals surface area contributed by atoms with Crippen molar-refractivity contribution in [2.75, 3.05) is 25.0 Å². The van der Waals surface area contributed by atoms with Gasteiger partial charge in [0.25, 0.3) is 0 Å². The standard InChI is InChI=1S/C14H22N2O/c1-2-17-14-7-5-13(6-8-14)16-11-9-12-4-3-10-15-12/h5-8,12,15-16H,2-4,9-11H2,1H3. The Morgan fingerprint density at radius 1 is 1.35 bits per heavy atom. The van der Waals surface area contributed by atoms with E-state index in [1.807, 2.05) is 19.1 Å². The molecule has 2 rings (SSSR count). The molecule has 1 aliphatic rings. The fourth-order valence-electron chi connectivity index (χ4n) is 2.23. The van der Waals surface area contributed by atoms with Crippen molar-refractivity contribution >= 4 is 5.69 Å². The molecular weight excluding hydrogens is 212 g/mol. The molecule has 94 valence electrons. The van der Waals surface area contributed by atoms with Gasteiger partial charge in [-0.3, -0.25) is 0 Å². The van der Waals surface area contributed by atoms with Crippen LogP contribution in [0.3, 0.4) is 0 Å². The summed E-state index contributed by atoms with van der Waals surface area (Å²) in [5.41, 5.74) is 1.17. The summed E-state index contributed by atoms with van der Waals surface area (Å²) >= 11 is 0. The summed E-state index contributed by atoms with van der Waals surface area (Å²) in [6.07, 6.45) is 3.85. The fourth-order valence-corrected chi connectivity index (χ4v) is 2.23. The van der Waals surface area contributed by atoms with Crippen molar-refractivity contribution in [2.45, 2.75) is 32.2 Å². The smallest absolute Gasteiger partial charge is 0.119 e. The van der Waals surface area contributed by atoms with Gasteiger partial charge in [-0.25, -0.2) is 0 Å². The highest BCUT2D eigenvalue weighted by molar-refractivity contribution is 5.46. The first-order chi connectivity index (χ1) is 8.38. The molecule has 1 fully saturated rings. The summed E-state index contributed by atoms with van der Waals surface area (Å²) in [6, 6.07) is 8.89. The SMILES string of the molecule is CCOc1ccc(NCCC2CCCN2)cc1. The Labute approximate surface area is 104 Å². The molecule has 17 heavy (non-hydrogen) atoms. The molecule has 0 aliphatic carbocycles. The van der Waals surface area contributed by atoms with Crippen LogP contribution in [0.5, 0.6) is 5.75 Å². The van der Waals surface area contributed by atoms with Gasteiger partial charge in [-0.2, -0.15) is 0 Å². The Morgan fingerprint density at radius 3 is 2.82 bits per heavy atom. The maximum absolute atomic E-state index is 5.41. The zero-order chi connectivity index (χ0) is 11.9. The van der Waals surface area contributed by atoms with Crippen LogP contribution >= 0.6 is 0 Å². The average Bonchev–Trinajstić information content (AvgIpc) is 2.85. The van der Waals surface area contributed by atoms with Crippen LogP contribution in [0.15, 0.2) is 24.3 Å². The predicted molar refractivity (Wildman–Crippen MR) is 71.7 cm³/mol. The lowest BCUT2D eigenvalue weighted by Gasteiger charge is -2.12. The Morgan fingerprint density at radius 2 is 2.18 bits per heavy atom. The molecule has 1 aromatic carbocycles. The first kappa shape index (κ1) is 12.2. The lowest BCUT2D eigenvalue weighted by atomic mass is 10.1. The molecule has 0 saturated carbocycles. The van der Waals surface area contributed by atoms with Crippen LogP contribution in [0.25, 0.3) is 0 Å². The lowest BCUT2D eigenvalue weighted by Crippen LogP contribution is -2.24. The summed E-state index contributed by atoms with van der Waals surface area (Å²) in [6.45, 7) is 4.94. The minimum atomic E-state index is 0.713. The summed E-state index contributed by atoms with van der Waals surface area (Å²) in [7, 11) is 0. The second-order valence-corrected chi connectivity index (χ2v) is 4.47. The van der Waals surface area contributed by atoms with Crippen LogP contribution in [-0.4, -0.2) is 25.7 Å². The van der Waals surface area contributed by atoms with Gasteiger partial charge in [0.1, 0.15) is 5.75 Å². The molecule has 3 nitrogen and oxygen atoms in total. The van der Waals surface area contributed by atoms with E-state index in [1.54, 1.807) is 0 Å². The van der Waals surface area contributed by atoms with Crippen molar-refractivity contribution < 1.29 is 4.74 Å². The van der Waals surface area contributed by atoms with Gasteiger partial charge < -0.3 is 15.4 Å². The minimum Gasteiger partial charge on any atom is -0.494 e. The highest BCUT2D eigenvalue weighted by Crippen LogP contribution is 2.16. The Balaban J connectivity index is 1.70. The van der Waals surface area contributed by atoms with Gasteiger partial charge in [0.2, 0.25) is 0 Å². The van der Waals surface area contributed by atoms with E-state index in [0.717, 1.165) is 18.9 Å². The van der Waals surface area contributed by atoms with Gasteiger partial charge >= 0.3 is 0 Å². The minimum absolute atomic E-state index is 0.713. The molecule has 1 heterocycles. The van der Waals surface area contributed by atoms with Crippen LogP contribution in [0.4, 0.5) is 5.69 Å². The third-order valence-electron chi connectivity index (χ3n) is 3.15. The number of rotatable bonds is 6. The predicted octanol–water partition coefficient (Wildman–Crippen LogP) is 2.64. The number of anilines is 1. The molecule has 0 aromatic heterocycles. The van der Waals surface area contributed by atoms with E-state index in [-0.39, 0.29) is 0 Å². The molecule has 0 amide bonds. The molecule has 1 unspecified atom stereocenters. The van der Waals surface area contributed by atoms with Crippen LogP contribution in [0.1, 0.15) is 26.2 Å². The molecule has 0 radical (unpaired) electrons. The maximum Gasteiger partial charge on any atom is 0.119 e. The monoisotopic (exact) mass is 234 g/mol. The van der Waals surface area contributed by atoms with E-state index < -0.39 is 0 Å². The number of hydrogen-bond acceptors (Lipinski definition) is 3. The first-order valence-corrected chi connectivity index (χ1v) is 6.58. The van der Waals surface area contributed by atoms with Crippen LogP contribution in [-0.2, 0) is 0 Å². The fraction of sp³-hybridized carbons (Fsp3) is 0.571. The van der Waals surface area contributed by atoms with Gasteiger partial charge in [-0.15, -0.1) is 0 Å². The van der Waals surface area contributed by atoms with Gasteiger partial charge in [-0.1, -0.05) is 0 Å². The summed E-state index contributed by atoms with van der Waals surface area (Å²) in [4.78, 5) is 0. The third-order valence-corrected chi connectivity index (χ3v) is 3.15. The summed E-state index contributed by atoms with van der Waals surface area (Å²) < 4.78 is 5.41. The number of hydrogen-bond donors (Lipinski definition) is 2. The summed E-state index contributed by atoms with van der Waals surface area (Å²) in [5, 5.41) is 6.95. The molecule has 3 heteroatoms. The number of ether oxygens (including phenoxy) is 1. The van der Waals surface area contributed by atoms with Crippen molar-refractivity contribution in [3.63, 3.8) is 0 Å². The molecule has 0 bridgehead atoms. The average molecular weight is 234 g/mol. The van der Waals surface area contributed by atoms with E-state index in [1.165, 1.54) is 31.5 Å². The van der Waals surface area contributed by atoms with Crippen LogP contribution in [0.2, 0.25) is 0 Å². The highest BCUT2D eigenvalue weighted by atomic mass is 16.5. The van der Waals surface area contributed by atoms with E-state index in [9.17, 15) is 0 Å². The third kappa shape index (κ3) is 3.93. The lowest BCUT2D eigenvalue weighted by molar-refractivity contribution is 0.340. The van der Waals surface area contributed by atoms with Crippen LogP contribution < -0.4 is 15.4 Å². The molecule has 1 aliphatic heterocycles. The number of nitrogens with one attached hydrogen (secondary N) is 2. The normalized spacial score (nSPS) is 19.2. The van der Waals surface area contributed by atoms with Crippen LogP contribution in [0, 0.1) is 0 Å². The second-order valence-electron chi connectivity index (χ2n) is 4.47. The van der Waals surface area contributed by atoms with Gasteiger partial charge in [0.15, 0.2) is 0 Å². The topological polar surface area (TPSA) is 33.3 Å². The molecule has 1 saturated heterocycles. The Kier molecular flexibility index (Phi) is 4.68. The van der Waals surface area contributed by atoms with E-state index in [2.05, 4.69) is 22.8 Å². The maximum atomic E-state index is 5.41. The largest absolute Gasteiger partial charge is 0.494 e. The quantitative estimate of drug-likeness (QED) is 0.794. The highest BCUT2D eigenvalue weighted by Gasteiger charge is 2.12. The van der Waals surface area contributed by atoms with E-state index in [0.29, 0.717) is 6.04 Å². The molecule has 2 N–H and O–H groups in total. The first-order valence-electron chi connectivity index (χ1n) is 6.58. The van der Waals surface area contributed by atoms with Crippen molar-refractivity contribution in [3.8, 4) is 5.75 Å². The summed E-state index contributed by atoms with van der Waals surface area (Å²) in [5.74, 6) is 0.940. The van der Waals surface area contributed by atoms with Gasteiger partial charge in [0, 0.05) is 18.3 Å². The van der Waals surface area contributed by atoms with Gasteiger partial charge in [-0.05, 0) is 57.0 Å². The van der Waals surface area contributed by atoms with E-state index >= 15 is 0 Å².